The predicted octanol–water partition coefficient (Wildman–Crippen LogP) is 0.782. The Morgan fingerprint density at radius 1 is 1.00 bits per heavy atom. The number of rotatable bonds is 2. The van der Waals surface area contributed by atoms with Crippen LogP contribution in [0.3, 0.4) is 0 Å². The molecule has 114 valence electrons. The second-order valence-electron chi connectivity index (χ2n) is 5.85. The zero-order valence-corrected chi connectivity index (χ0v) is 12.0. The second-order valence-corrected chi connectivity index (χ2v) is 5.85. The van der Waals surface area contributed by atoms with Gasteiger partial charge in [0.25, 0.3) is 0 Å². The summed E-state index contributed by atoms with van der Waals surface area (Å²) in [5.41, 5.74) is 0. The lowest BCUT2D eigenvalue weighted by Gasteiger charge is -2.35. The maximum absolute atomic E-state index is 11.8. The zero-order chi connectivity index (χ0) is 15.1. The first-order valence-corrected chi connectivity index (χ1v) is 7.15. The standard InChI is InChI=1S/C15H18O6/c1-7(16)19-10-3-4-11(20-8(2)17)15-13-6-9(18)5-12(21-13)14(10)15/h3-4,10-15H,5-6H2,1-2H3/t10?,11?,12-,13+,14-,15+. The molecule has 2 bridgehead atoms. The third-order valence-electron chi connectivity index (χ3n) is 4.36. The molecule has 21 heavy (non-hydrogen) atoms. The molecular formula is C15H18O6. The van der Waals surface area contributed by atoms with E-state index in [4.69, 9.17) is 14.2 Å². The van der Waals surface area contributed by atoms with Crippen LogP contribution in [0.15, 0.2) is 12.2 Å². The molecule has 0 saturated carbocycles. The number of hydrogen-bond acceptors (Lipinski definition) is 6. The summed E-state index contributed by atoms with van der Waals surface area (Å²) in [5.74, 6) is -0.877. The van der Waals surface area contributed by atoms with Crippen LogP contribution >= 0.6 is 0 Å². The highest BCUT2D eigenvalue weighted by molar-refractivity contribution is 5.80. The lowest BCUT2D eigenvalue weighted by molar-refractivity contribution is -0.154. The highest BCUT2D eigenvalue weighted by Crippen LogP contribution is 2.47. The number of hydrogen-bond donors (Lipinski definition) is 0. The monoisotopic (exact) mass is 294 g/mol. The molecule has 0 aromatic rings. The summed E-state index contributed by atoms with van der Waals surface area (Å²) < 4.78 is 16.6. The SMILES string of the molecule is CC(=O)OC1C=CC(OC(C)=O)[C@H]2[C@@H]1[C@@H]1CC(=O)C[C@H]2O1. The molecule has 3 rings (SSSR count). The summed E-state index contributed by atoms with van der Waals surface area (Å²) in [6.07, 6.45) is 2.74. The molecule has 6 heteroatoms. The molecule has 3 aliphatic rings. The molecule has 6 atom stereocenters. The van der Waals surface area contributed by atoms with E-state index in [9.17, 15) is 14.4 Å². The zero-order valence-electron chi connectivity index (χ0n) is 12.0. The highest BCUT2D eigenvalue weighted by Gasteiger charge is 2.56. The normalized spacial score (nSPS) is 40.6. The van der Waals surface area contributed by atoms with Gasteiger partial charge in [-0.25, -0.2) is 0 Å². The molecule has 2 heterocycles. The number of ether oxygens (including phenoxy) is 3. The van der Waals surface area contributed by atoms with Gasteiger partial charge in [-0.15, -0.1) is 0 Å². The summed E-state index contributed by atoms with van der Waals surface area (Å²) in [6, 6.07) is 0. The maximum atomic E-state index is 11.8. The maximum Gasteiger partial charge on any atom is 0.303 e. The molecule has 2 aliphatic heterocycles. The number of esters is 2. The molecule has 6 nitrogen and oxygen atoms in total. The fraction of sp³-hybridized carbons (Fsp3) is 0.667. The van der Waals surface area contributed by atoms with E-state index in [1.165, 1.54) is 13.8 Å². The number of fused-ring (bicyclic) bond motifs is 5. The number of ketones is 1. The van der Waals surface area contributed by atoms with Crippen molar-refractivity contribution in [2.75, 3.05) is 0 Å². The van der Waals surface area contributed by atoms with Gasteiger partial charge in [0.1, 0.15) is 18.0 Å². The van der Waals surface area contributed by atoms with Crippen molar-refractivity contribution >= 4 is 17.7 Å². The number of carbonyl (C=O) groups excluding carboxylic acids is 3. The Labute approximate surface area is 122 Å². The fourth-order valence-electron chi connectivity index (χ4n) is 3.76. The number of Topliss-reactive ketones (excluding diaryl/α,β-unsaturated/α-hetero) is 1. The molecule has 2 saturated heterocycles. The minimum Gasteiger partial charge on any atom is -0.458 e. The molecule has 0 radical (unpaired) electrons. The summed E-state index contributed by atoms with van der Waals surface area (Å²) in [4.78, 5) is 34.3. The Bertz CT molecular complexity index is 468. The summed E-state index contributed by atoms with van der Waals surface area (Å²) in [6.45, 7) is 2.71. The average Bonchev–Trinajstić information content (AvgIpc) is 2.64. The van der Waals surface area contributed by atoms with Gasteiger partial charge in [0.15, 0.2) is 0 Å². The molecule has 0 amide bonds. The molecule has 0 aromatic heterocycles. The summed E-state index contributed by atoms with van der Waals surface area (Å²) in [7, 11) is 0. The largest absolute Gasteiger partial charge is 0.458 e. The molecule has 0 aromatic carbocycles. The Morgan fingerprint density at radius 3 is 1.81 bits per heavy atom. The first kappa shape index (κ1) is 14.3. The number of carbonyl (C=O) groups is 3. The topological polar surface area (TPSA) is 78.9 Å². The van der Waals surface area contributed by atoms with Gasteiger partial charge in [0.05, 0.1) is 12.2 Å². The Hall–Kier alpha value is -1.69. The third kappa shape index (κ3) is 2.60. The molecule has 2 fully saturated rings. The predicted molar refractivity (Wildman–Crippen MR) is 70.1 cm³/mol. The van der Waals surface area contributed by atoms with Crippen molar-refractivity contribution in [3.8, 4) is 0 Å². The van der Waals surface area contributed by atoms with E-state index in [-0.39, 0.29) is 41.8 Å². The van der Waals surface area contributed by atoms with Gasteiger partial charge in [0, 0.05) is 38.5 Å². The van der Waals surface area contributed by atoms with Crippen LogP contribution in [0.1, 0.15) is 26.7 Å². The van der Waals surface area contributed by atoms with Crippen molar-refractivity contribution in [2.45, 2.75) is 51.1 Å². The van der Waals surface area contributed by atoms with Gasteiger partial charge in [-0.2, -0.15) is 0 Å². The van der Waals surface area contributed by atoms with Crippen LogP contribution in [0.5, 0.6) is 0 Å². The van der Waals surface area contributed by atoms with E-state index in [0.717, 1.165) is 0 Å². The van der Waals surface area contributed by atoms with Gasteiger partial charge < -0.3 is 14.2 Å². The van der Waals surface area contributed by atoms with E-state index in [1.807, 2.05) is 0 Å². The molecule has 0 N–H and O–H groups in total. The van der Waals surface area contributed by atoms with Crippen LogP contribution in [0.2, 0.25) is 0 Å². The van der Waals surface area contributed by atoms with Crippen LogP contribution in [0.25, 0.3) is 0 Å². The second kappa shape index (κ2) is 5.26. The van der Waals surface area contributed by atoms with E-state index >= 15 is 0 Å². The lowest BCUT2D eigenvalue weighted by atomic mass is 9.76. The minimum atomic E-state index is -0.430. The average molecular weight is 294 g/mol. The minimum absolute atomic E-state index is 0.139. The summed E-state index contributed by atoms with van der Waals surface area (Å²) in [5, 5.41) is 0. The summed E-state index contributed by atoms with van der Waals surface area (Å²) >= 11 is 0. The van der Waals surface area contributed by atoms with Crippen LogP contribution in [-0.2, 0) is 28.6 Å². The van der Waals surface area contributed by atoms with Gasteiger partial charge in [-0.1, -0.05) is 0 Å². The smallest absolute Gasteiger partial charge is 0.303 e. The van der Waals surface area contributed by atoms with Crippen LogP contribution in [0.4, 0.5) is 0 Å². The molecule has 1 aliphatic carbocycles. The van der Waals surface area contributed by atoms with Crippen LogP contribution < -0.4 is 0 Å². The molecule has 0 spiro atoms. The van der Waals surface area contributed by atoms with Crippen molar-refractivity contribution in [3.63, 3.8) is 0 Å². The van der Waals surface area contributed by atoms with Crippen LogP contribution in [-0.4, -0.2) is 42.1 Å². The Kier molecular flexibility index (Phi) is 3.57. The molecular weight excluding hydrogens is 276 g/mol. The third-order valence-corrected chi connectivity index (χ3v) is 4.36. The van der Waals surface area contributed by atoms with E-state index < -0.39 is 12.2 Å². The van der Waals surface area contributed by atoms with Crippen molar-refractivity contribution in [3.05, 3.63) is 12.2 Å². The van der Waals surface area contributed by atoms with Crippen molar-refractivity contribution < 1.29 is 28.6 Å². The van der Waals surface area contributed by atoms with E-state index in [2.05, 4.69) is 0 Å². The lowest BCUT2D eigenvalue weighted by Crippen LogP contribution is -2.43. The van der Waals surface area contributed by atoms with Crippen molar-refractivity contribution in [1.29, 1.82) is 0 Å². The Balaban J connectivity index is 1.91. The quantitative estimate of drug-likeness (QED) is 0.553. The van der Waals surface area contributed by atoms with Gasteiger partial charge >= 0.3 is 11.9 Å². The Morgan fingerprint density at radius 2 is 1.43 bits per heavy atom. The highest BCUT2D eigenvalue weighted by atomic mass is 16.6. The fourth-order valence-corrected chi connectivity index (χ4v) is 3.76. The van der Waals surface area contributed by atoms with Gasteiger partial charge in [0.2, 0.25) is 0 Å². The molecule has 2 unspecified atom stereocenters. The first-order valence-electron chi connectivity index (χ1n) is 7.15. The van der Waals surface area contributed by atoms with E-state index in [0.29, 0.717) is 12.8 Å². The van der Waals surface area contributed by atoms with Crippen LogP contribution in [0, 0.1) is 11.8 Å². The first-order chi connectivity index (χ1) is 9.95. The van der Waals surface area contributed by atoms with Crippen molar-refractivity contribution in [2.24, 2.45) is 11.8 Å². The van der Waals surface area contributed by atoms with Crippen molar-refractivity contribution in [1.82, 2.24) is 0 Å². The van der Waals surface area contributed by atoms with Gasteiger partial charge in [-0.05, 0) is 12.2 Å². The van der Waals surface area contributed by atoms with Gasteiger partial charge in [-0.3, -0.25) is 14.4 Å². The van der Waals surface area contributed by atoms with E-state index in [1.54, 1.807) is 12.2 Å².